The van der Waals surface area contributed by atoms with Crippen molar-refractivity contribution in [3.05, 3.63) is 29.3 Å². The molecule has 2 rings (SSSR count). The summed E-state index contributed by atoms with van der Waals surface area (Å²) in [6.07, 6.45) is 0.849. The van der Waals surface area contributed by atoms with Gasteiger partial charge in [-0.25, -0.2) is 8.42 Å². The van der Waals surface area contributed by atoms with Crippen molar-refractivity contribution in [2.75, 3.05) is 36.5 Å². The summed E-state index contributed by atoms with van der Waals surface area (Å²) >= 11 is 0. The zero-order chi connectivity index (χ0) is 19.2. The molecule has 1 amide bonds. The molecule has 0 bridgehead atoms. The molecule has 1 aromatic rings. The van der Waals surface area contributed by atoms with Crippen LogP contribution in [0.4, 0.5) is 5.69 Å². The number of amides is 1. The highest BCUT2D eigenvalue weighted by atomic mass is 32.2. The lowest BCUT2D eigenvalue weighted by molar-refractivity contribution is -0.115. The predicted molar refractivity (Wildman–Crippen MR) is 103 cm³/mol. The largest absolute Gasteiger partial charge is 0.390 e. The zero-order valence-corrected chi connectivity index (χ0v) is 16.2. The van der Waals surface area contributed by atoms with Gasteiger partial charge in [-0.05, 0) is 24.0 Å². The highest BCUT2D eigenvalue weighted by Gasteiger charge is 2.35. The molecule has 2 atom stereocenters. The van der Waals surface area contributed by atoms with Crippen molar-refractivity contribution >= 4 is 21.4 Å². The number of para-hydroxylation sites is 1. The van der Waals surface area contributed by atoms with Crippen LogP contribution in [-0.2, 0) is 27.5 Å². The number of carbonyl (C=O) groups is 1. The van der Waals surface area contributed by atoms with Gasteiger partial charge < -0.3 is 21.1 Å². The van der Waals surface area contributed by atoms with Crippen molar-refractivity contribution in [2.45, 2.75) is 38.8 Å². The van der Waals surface area contributed by atoms with E-state index in [-0.39, 0.29) is 24.0 Å². The summed E-state index contributed by atoms with van der Waals surface area (Å²) in [5.41, 5.74) is 3.15. The number of rotatable bonds is 9. The van der Waals surface area contributed by atoms with Crippen LogP contribution in [-0.4, -0.2) is 62.7 Å². The molecule has 0 saturated carbocycles. The summed E-state index contributed by atoms with van der Waals surface area (Å²) in [6.45, 7) is 5.29. The van der Waals surface area contributed by atoms with E-state index in [1.807, 2.05) is 18.2 Å². The number of sulfone groups is 1. The molecule has 26 heavy (non-hydrogen) atoms. The van der Waals surface area contributed by atoms with E-state index in [2.05, 4.69) is 29.8 Å². The molecular weight excluding hydrogens is 354 g/mol. The molecule has 1 aromatic carbocycles. The maximum atomic E-state index is 12.2. The number of hydrogen-bond acceptors (Lipinski definition) is 6. The Morgan fingerprint density at radius 3 is 2.35 bits per heavy atom. The molecule has 0 spiro atoms. The Morgan fingerprint density at radius 2 is 1.81 bits per heavy atom. The highest BCUT2D eigenvalue weighted by Crippen LogP contribution is 2.22. The van der Waals surface area contributed by atoms with E-state index < -0.39 is 22.0 Å². The summed E-state index contributed by atoms with van der Waals surface area (Å²) in [5, 5.41) is 18.8. The summed E-state index contributed by atoms with van der Waals surface area (Å²) in [7, 11) is -3.15. The maximum Gasteiger partial charge on any atom is 0.238 e. The van der Waals surface area contributed by atoms with Crippen molar-refractivity contribution in [1.29, 1.82) is 0 Å². The summed E-state index contributed by atoms with van der Waals surface area (Å²) < 4.78 is 22.9. The lowest BCUT2D eigenvalue weighted by atomic mass is 10.0. The lowest BCUT2D eigenvalue weighted by Gasteiger charge is -2.16. The molecule has 0 radical (unpaired) electrons. The van der Waals surface area contributed by atoms with Crippen molar-refractivity contribution in [3.8, 4) is 0 Å². The second-order valence-electron chi connectivity index (χ2n) is 6.59. The van der Waals surface area contributed by atoms with Gasteiger partial charge in [0.2, 0.25) is 5.91 Å². The number of anilines is 1. The Labute approximate surface area is 155 Å². The monoisotopic (exact) mass is 383 g/mol. The molecule has 1 saturated heterocycles. The molecule has 4 N–H and O–H groups in total. The zero-order valence-electron chi connectivity index (χ0n) is 15.4. The van der Waals surface area contributed by atoms with Crippen LogP contribution < -0.4 is 16.0 Å². The Kier molecular flexibility index (Phi) is 7.57. The predicted octanol–water partition coefficient (Wildman–Crippen LogP) is 0.0870. The van der Waals surface area contributed by atoms with E-state index in [0.29, 0.717) is 13.1 Å². The average Bonchev–Trinajstić information content (AvgIpc) is 2.86. The Morgan fingerprint density at radius 1 is 1.15 bits per heavy atom. The van der Waals surface area contributed by atoms with E-state index in [9.17, 15) is 18.3 Å². The Balaban J connectivity index is 1.73. The van der Waals surface area contributed by atoms with Crippen LogP contribution in [0.5, 0.6) is 0 Å². The van der Waals surface area contributed by atoms with Crippen LogP contribution in [0.1, 0.15) is 25.0 Å². The minimum absolute atomic E-state index is 0.0394. The fourth-order valence-corrected chi connectivity index (χ4v) is 4.93. The smallest absolute Gasteiger partial charge is 0.238 e. The van der Waals surface area contributed by atoms with Gasteiger partial charge in [0.1, 0.15) is 0 Å². The Bertz CT molecular complexity index is 699. The fourth-order valence-electron chi connectivity index (χ4n) is 3.16. The van der Waals surface area contributed by atoms with Crippen molar-refractivity contribution < 1.29 is 18.3 Å². The molecule has 0 aliphatic carbocycles. The SMILES string of the molecule is CCc1cccc(CC)c1NC(=O)CNCCNC1CS(=O)(=O)CC1O. The first-order valence-corrected chi connectivity index (χ1v) is 10.9. The van der Waals surface area contributed by atoms with Gasteiger partial charge in [-0.1, -0.05) is 32.0 Å². The first-order chi connectivity index (χ1) is 12.4. The Hall–Kier alpha value is -1.48. The van der Waals surface area contributed by atoms with Gasteiger partial charge in [0.05, 0.1) is 24.2 Å². The van der Waals surface area contributed by atoms with Gasteiger partial charge in [-0.3, -0.25) is 4.79 Å². The van der Waals surface area contributed by atoms with Crippen molar-refractivity contribution in [2.24, 2.45) is 0 Å². The van der Waals surface area contributed by atoms with Gasteiger partial charge in [0.25, 0.3) is 0 Å². The molecule has 1 aliphatic heterocycles. The second-order valence-corrected chi connectivity index (χ2v) is 8.74. The standard InChI is InChI=1S/C18H29N3O4S/c1-3-13-6-5-7-14(4-2)18(13)21-17(23)10-19-8-9-20-15-11-26(24,25)12-16(15)22/h5-7,15-16,19-20,22H,3-4,8-12H2,1-2H3,(H,21,23). The molecule has 146 valence electrons. The third kappa shape index (κ3) is 5.77. The van der Waals surface area contributed by atoms with E-state index in [4.69, 9.17) is 0 Å². The summed E-state index contributed by atoms with van der Waals surface area (Å²) in [5.74, 6) is -0.330. The topological polar surface area (TPSA) is 108 Å². The van der Waals surface area contributed by atoms with Crippen LogP contribution in [0, 0.1) is 0 Å². The molecule has 1 heterocycles. The number of hydrogen-bond donors (Lipinski definition) is 4. The van der Waals surface area contributed by atoms with E-state index in [1.165, 1.54) is 0 Å². The van der Waals surface area contributed by atoms with Crippen molar-refractivity contribution in [3.63, 3.8) is 0 Å². The van der Waals surface area contributed by atoms with Gasteiger partial charge >= 0.3 is 0 Å². The lowest BCUT2D eigenvalue weighted by Crippen LogP contribution is -2.43. The van der Waals surface area contributed by atoms with Crippen LogP contribution >= 0.6 is 0 Å². The number of nitrogens with one attached hydrogen (secondary N) is 3. The minimum atomic E-state index is -3.15. The summed E-state index contributed by atoms with van der Waals surface area (Å²) in [4.78, 5) is 12.2. The normalized spacial score (nSPS) is 21.7. The van der Waals surface area contributed by atoms with Crippen LogP contribution in [0.15, 0.2) is 18.2 Å². The molecule has 8 heteroatoms. The van der Waals surface area contributed by atoms with Crippen LogP contribution in [0.3, 0.4) is 0 Å². The molecule has 0 aromatic heterocycles. The van der Waals surface area contributed by atoms with E-state index in [1.54, 1.807) is 0 Å². The number of aryl methyl sites for hydroxylation is 2. The molecule has 1 aliphatic rings. The summed E-state index contributed by atoms with van der Waals surface area (Å²) in [6, 6.07) is 5.62. The van der Waals surface area contributed by atoms with Crippen LogP contribution in [0.25, 0.3) is 0 Å². The quantitative estimate of drug-likeness (QED) is 0.450. The van der Waals surface area contributed by atoms with E-state index >= 15 is 0 Å². The maximum absolute atomic E-state index is 12.2. The van der Waals surface area contributed by atoms with Gasteiger partial charge in [-0.15, -0.1) is 0 Å². The van der Waals surface area contributed by atoms with Gasteiger partial charge in [0, 0.05) is 24.8 Å². The molecular formula is C18H29N3O4S. The van der Waals surface area contributed by atoms with E-state index in [0.717, 1.165) is 29.7 Å². The van der Waals surface area contributed by atoms with Gasteiger partial charge in [0.15, 0.2) is 9.84 Å². The molecule has 2 unspecified atom stereocenters. The third-order valence-electron chi connectivity index (χ3n) is 4.58. The highest BCUT2D eigenvalue weighted by molar-refractivity contribution is 7.91. The minimum Gasteiger partial charge on any atom is -0.390 e. The number of carbonyl (C=O) groups excluding carboxylic acids is 1. The fraction of sp³-hybridized carbons (Fsp3) is 0.611. The number of aliphatic hydroxyl groups excluding tert-OH is 1. The van der Waals surface area contributed by atoms with Crippen molar-refractivity contribution in [1.82, 2.24) is 10.6 Å². The molecule has 1 fully saturated rings. The number of aliphatic hydroxyl groups is 1. The first-order valence-electron chi connectivity index (χ1n) is 9.09. The molecule has 7 nitrogen and oxygen atoms in total. The first kappa shape index (κ1) is 20.8. The number of benzene rings is 1. The average molecular weight is 384 g/mol. The third-order valence-corrected chi connectivity index (χ3v) is 6.30. The van der Waals surface area contributed by atoms with Crippen LogP contribution in [0.2, 0.25) is 0 Å². The second kappa shape index (κ2) is 9.45. The van der Waals surface area contributed by atoms with Gasteiger partial charge in [-0.2, -0.15) is 0 Å².